The largest absolute Gasteiger partial charge is 0.467 e. The summed E-state index contributed by atoms with van der Waals surface area (Å²) in [6.45, 7) is 7.98. The van der Waals surface area contributed by atoms with Gasteiger partial charge in [0.1, 0.15) is 11.8 Å². The van der Waals surface area contributed by atoms with Crippen molar-refractivity contribution in [2.45, 2.75) is 46.3 Å². The molecule has 10 heteroatoms. The molecule has 2 aromatic carbocycles. The molecule has 0 aliphatic heterocycles. The monoisotopic (exact) mass is 601 g/mol. The van der Waals surface area contributed by atoms with E-state index >= 15 is 0 Å². The maximum Gasteiger partial charge on any atom is 0.328 e. The molecule has 0 saturated carbocycles. The molecule has 1 amide bonds. The predicted molar refractivity (Wildman–Crippen MR) is 171 cm³/mol. The Morgan fingerprint density at radius 1 is 1.12 bits per heavy atom. The number of benzene rings is 2. The van der Waals surface area contributed by atoms with Gasteiger partial charge in [0.15, 0.2) is 5.76 Å². The molecule has 1 atom stereocenters. The average molecular weight is 602 g/mol. The molecule has 1 N–H and O–H groups in total. The van der Waals surface area contributed by atoms with Crippen molar-refractivity contribution in [3.05, 3.63) is 95.8 Å². The number of rotatable bonds is 12. The molecule has 0 bridgehead atoms. The Balaban J connectivity index is 0.000000934. The van der Waals surface area contributed by atoms with E-state index in [0.29, 0.717) is 24.4 Å². The third kappa shape index (κ3) is 9.51. The lowest BCUT2D eigenvalue weighted by Crippen LogP contribution is -2.38. The van der Waals surface area contributed by atoms with Crippen molar-refractivity contribution in [2.75, 3.05) is 30.6 Å². The highest BCUT2D eigenvalue weighted by molar-refractivity contribution is 7.98. The minimum atomic E-state index is -0.777. The number of furan rings is 1. The normalized spacial score (nSPS) is 11.1. The molecule has 0 fully saturated rings. The Kier molecular flexibility index (Phi) is 12.9. The quantitative estimate of drug-likeness (QED) is 0.193. The molecule has 0 unspecified atom stereocenters. The van der Waals surface area contributed by atoms with Gasteiger partial charge in [0, 0.05) is 30.5 Å². The molecular formula is C33H39N5O4S. The molecule has 4 rings (SSSR count). The van der Waals surface area contributed by atoms with Crippen LogP contribution in [0.2, 0.25) is 0 Å². The number of carbonyl (C=O) groups is 2. The third-order valence-electron chi connectivity index (χ3n) is 6.63. The lowest BCUT2D eigenvalue weighted by molar-refractivity contribution is -0.142. The lowest BCUT2D eigenvalue weighted by Gasteiger charge is -2.24. The second kappa shape index (κ2) is 16.8. The van der Waals surface area contributed by atoms with Crippen molar-refractivity contribution in [2.24, 2.45) is 0 Å². The Bertz CT molecular complexity index is 1490. The molecular weight excluding hydrogens is 562 g/mol. The van der Waals surface area contributed by atoms with E-state index in [0.717, 1.165) is 29.1 Å². The van der Waals surface area contributed by atoms with Crippen LogP contribution < -0.4 is 10.2 Å². The summed E-state index contributed by atoms with van der Waals surface area (Å²) in [7, 11) is 1.27. The van der Waals surface area contributed by atoms with Crippen molar-refractivity contribution in [1.82, 2.24) is 14.9 Å². The molecule has 4 aromatic rings. The van der Waals surface area contributed by atoms with Crippen LogP contribution in [0.5, 0.6) is 0 Å². The van der Waals surface area contributed by atoms with Crippen LogP contribution >= 0.6 is 11.8 Å². The lowest BCUT2D eigenvalue weighted by atomic mass is 10.1. The summed E-state index contributed by atoms with van der Waals surface area (Å²) < 4.78 is 12.5. The molecule has 0 aliphatic rings. The number of nitrogens with one attached hydrogen (secondary N) is 1. The summed E-state index contributed by atoms with van der Waals surface area (Å²) in [5.74, 6) is 0.959. The fraction of sp³-hybridized carbons (Fsp3) is 0.333. The van der Waals surface area contributed by atoms with Gasteiger partial charge < -0.3 is 23.9 Å². The molecule has 0 spiro atoms. The van der Waals surface area contributed by atoms with E-state index in [1.807, 2.05) is 72.8 Å². The van der Waals surface area contributed by atoms with Crippen molar-refractivity contribution >= 4 is 29.3 Å². The highest BCUT2D eigenvalue weighted by Crippen LogP contribution is 2.26. The first-order valence-electron chi connectivity index (χ1n) is 14.1. The zero-order chi connectivity index (χ0) is 31.2. The predicted octanol–water partition coefficient (Wildman–Crippen LogP) is 6.14. The molecule has 0 radical (unpaired) electrons. The number of nitriles is 1. The van der Waals surface area contributed by atoms with Gasteiger partial charge in [0.25, 0.3) is 5.91 Å². The van der Waals surface area contributed by atoms with Crippen LogP contribution in [0.1, 0.15) is 54.6 Å². The van der Waals surface area contributed by atoms with E-state index in [2.05, 4.69) is 50.7 Å². The van der Waals surface area contributed by atoms with Gasteiger partial charge in [-0.05, 0) is 86.4 Å². The summed E-state index contributed by atoms with van der Waals surface area (Å²) in [6, 6.07) is 20.2. The molecule has 0 saturated heterocycles. The molecule has 43 heavy (non-hydrogen) atoms. The van der Waals surface area contributed by atoms with Crippen molar-refractivity contribution in [3.8, 4) is 17.4 Å². The van der Waals surface area contributed by atoms with Crippen LogP contribution in [0.4, 0.5) is 5.69 Å². The zero-order valence-corrected chi connectivity index (χ0v) is 26.2. The Morgan fingerprint density at radius 3 is 2.42 bits per heavy atom. The number of hydrogen-bond donors (Lipinski definition) is 1. The molecule has 2 aromatic heterocycles. The van der Waals surface area contributed by atoms with Gasteiger partial charge in [0.05, 0.1) is 37.3 Å². The van der Waals surface area contributed by atoms with Crippen LogP contribution in [-0.4, -0.2) is 53.1 Å². The van der Waals surface area contributed by atoms with E-state index in [-0.39, 0.29) is 5.76 Å². The Labute approximate surface area is 257 Å². The number of thioether (sulfide) groups is 1. The number of hydrogen-bond acceptors (Lipinski definition) is 8. The highest BCUT2D eigenvalue weighted by atomic mass is 32.2. The van der Waals surface area contributed by atoms with E-state index in [4.69, 9.17) is 9.68 Å². The molecule has 226 valence electrons. The molecule has 0 aliphatic carbocycles. The number of esters is 1. The highest BCUT2D eigenvalue weighted by Gasteiger charge is 2.19. The average Bonchev–Trinajstić information content (AvgIpc) is 3.71. The van der Waals surface area contributed by atoms with Gasteiger partial charge in [-0.15, -0.1) is 0 Å². The molecule has 2 heterocycles. The van der Waals surface area contributed by atoms with Crippen molar-refractivity contribution < 1.29 is 18.7 Å². The van der Waals surface area contributed by atoms with Crippen LogP contribution in [-0.2, 0) is 22.6 Å². The summed E-state index contributed by atoms with van der Waals surface area (Å²) in [5.41, 5.74) is 4.68. The Hall–Kier alpha value is -4.49. The number of anilines is 1. The number of imidazole rings is 1. The van der Waals surface area contributed by atoms with Gasteiger partial charge >= 0.3 is 5.97 Å². The van der Waals surface area contributed by atoms with E-state index in [9.17, 15) is 9.59 Å². The van der Waals surface area contributed by atoms with E-state index in [1.54, 1.807) is 19.1 Å². The number of carbonyl (C=O) groups excluding carboxylic acids is 2. The fourth-order valence-corrected chi connectivity index (χ4v) is 4.65. The smallest absolute Gasteiger partial charge is 0.328 e. The number of ether oxygens (including phenoxy) is 1. The van der Waals surface area contributed by atoms with Crippen LogP contribution in [0, 0.1) is 11.3 Å². The topological polar surface area (TPSA) is 113 Å². The summed E-state index contributed by atoms with van der Waals surface area (Å²) in [4.78, 5) is 30.5. The van der Waals surface area contributed by atoms with Gasteiger partial charge in [-0.2, -0.15) is 17.0 Å². The number of nitrogens with zero attached hydrogens (tertiary/aromatic N) is 4. The SMILES string of the molecule is CCCSC.CCN(Cc1cncn1Cc1ccc(C#N)cc1)c1ccc(-c2ccc(C(=O)N[C@@H](C)C(=O)OC)o2)cc1. The summed E-state index contributed by atoms with van der Waals surface area (Å²) in [6.07, 6.45) is 7.13. The van der Waals surface area contributed by atoms with Gasteiger partial charge in [-0.3, -0.25) is 4.79 Å². The fourth-order valence-electron chi connectivity index (χ4n) is 4.24. The number of methoxy groups -OCH3 is 1. The standard InChI is InChI=1S/C29H29N5O4.C4H10S/c1-4-33(18-25-16-31-19-34(25)17-22-7-5-21(15-30)6-8-22)24-11-9-23(10-12-24)26-13-14-27(38-26)28(35)32-20(2)29(36)37-3;1-3-4-5-2/h5-14,16,19-20H,4,17-18H2,1-3H3,(H,32,35);3-4H2,1-2H3/t20-;/m0./s1. The second-order valence-electron chi connectivity index (χ2n) is 9.76. The number of aromatic nitrogens is 2. The summed E-state index contributed by atoms with van der Waals surface area (Å²) in [5, 5.41) is 11.6. The van der Waals surface area contributed by atoms with E-state index in [1.165, 1.54) is 19.3 Å². The third-order valence-corrected chi connectivity index (χ3v) is 7.44. The molecule has 9 nitrogen and oxygen atoms in total. The first-order valence-corrected chi connectivity index (χ1v) is 15.5. The minimum absolute atomic E-state index is 0.116. The van der Waals surface area contributed by atoms with Crippen LogP contribution in [0.3, 0.4) is 0 Å². The second-order valence-corrected chi connectivity index (χ2v) is 10.7. The van der Waals surface area contributed by atoms with Crippen molar-refractivity contribution in [3.63, 3.8) is 0 Å². The van der Waals surface area contributed by atoms with E-state index < -0.39 is 17.9 Å². The minimum Gasteiger partial charge on any atom is -0.467 e. The van der Waals surface area contributed by atoms with Gasteiger partial charge in [-0.25, -0.2) is 9.78 Å². The zero-order valence-electron chi connectivity index (χ0n) is 25.4. The first-order chi connectivity index (χ1) is 20.8. The maximum atomic E-state index is 12.4. The maximum absolute atomic E-state index is 12.4. The van der Waals surface area contributed by atoms with Gasteiger partial charge in [-0.1, -0.05) is 19.1 Å². The van der Waals surface area contributed by atoms with Crippen LogP contribution in [0.25, 0.3) is 11.3 Å². The van der Waals surface area contributed by atoms with Crippen LogP contribution in [0.15, 0.2) is 77.6 Å². The summed E-state index contributed by atoms with van der Waals surface area (Å²) >= 11 is 1.90. The Morgan fingerprint density at radius 2 is 1.84 bits per heavy atom. The van der Waals surface area contributed by atoms with Gasteiger partial charge in [0.2, 0.25) is 0 Å². The number of amides is 1. The van der Waals surface area contributed by atoms with Crippen molar-refractivity contribution in [1.29, 1.82) is 5.26 Å². The first kappa shape index (κ1) is 33.0.